The molecule has 6 nitrogen and oxygen atoms in total. The Bertz CT molecular complexity index is 349. The highest BCUT2D eigenvalue weighted by Gasteiger charge is 2.23. The van der Waals surface area contributed by atoms with Crippen molar-refractivity contribution in [2.45, 2.75) is 25.9 Å². The second-order valence-electron chi connectivity index (χ2n) is 3.93. The predicted molar refractivity (Wildman–Crippen MR) is 54.2 cm³/mol. The van der Waals surface area contributed by atoms with E-state index in [1.165, 1.54) is 0 Å². The highest BCUT2D eigenvalue weighted by molar-refractivity contribution is 5.78. The fourth-order valence-electron chi connectivity index (χ4n) is 1.65. The van der Waals surface area contributed by atoms with Crippen molar-refractivity contribution in [2.75, 3.05) is 13.1 Å². The van der Waals surface area contributed by atoms with Gasteiger partial charge in [0.15, 0.2) is 5.82 Å². The lowest BCUT2D eigenvalue weighted by molar-refractivity contribution is -0.121. The van der Waals surface area contributed by atoms with Crippen LogP contribution in [0, 0.1) is 0 Å². The van der Waals surface area contributed by atoms with Gasteiger partial charge in [0.2, 0.25) is 5.91 Å². The average Bonchev–Trinajstić information content (AvgIpc) is 2.67. The van der Waals surface area contributed by atoms with Crippen LogP contribution in [0.15, 0.2) is 6.33 Å². The molecule has 0 radical (unpaired) electrons. The molecule has 0 aromatic carbocycles. The standard InChI is InChI=1S/C9H15N5O/c1-6(2)14-5-12-13-9(14)7-3-11-8(15)4-10-7/h5-7,10H,3-4H2,1-2H3,(H,11,15). The van der Waals surface area contributed by atoms with Crippen molar-refractivity contribution < 1.29 is 4.79 Å². The number of carbonyl (C=O) groups excluding carboxylic acids is 1. The second kappa shape index (κ2) is 3.98. The van der Waals surface area contributed by atoms with Crippen molar-refractivity contribution in [3.05, 3.63) is 12.2 Å². The fraction of sp³-hybridized carbons (Fsp3) is 0.667. The minimum absolute atomic E-state index is 0.0295. The molecule has 1 unspecified atom stereocenters. The molecule has 1 atom stereocenters. The zero-order valence-electron chi connectivity index (χ0n) is 8.90. The van der Waals surface area contributed by atoms with E-state index in [-0.39, 0.29) is 11.9 Å². The minimum atomic E-state index is 0.0295. The maximum atomic E-state index is 11.0. The van der Waals surface area contributed by atoms with Gasteiger partial charge in [-0.2, -0.15) is 0 Å². The lowest BCUT2D eigenvalue weighted by Gasteiger charge is -2.24. The largest absolute Gasteiger partial charge is 0.353 e. The lowest BCUT2D eigenvalue weighted by Crippen LogP contribution is -2.47. The van der Waals surface area contributed by atoms with E-state index in [2.05, 4.69) is 34.7 Å². The van der Waals surface area contributed by atoms with Gasteiger partial charge >= 0.3 is 0 Å². The van der Waals surface area contributed by atoms with Gasteiger partial charge in [-0.3, -0.25) is 10.1 Å². The van der Waals surface area contributed by atoms with E-state index >= 15 is 0 Å². The van der Waals surface area contributed by atoms with E-state index < -0.39 is 0 Å². The number of piperazine rings is 1. The Morgan fingerprint density at radius 3 is 3.00 bits per heavy atom. The maximum Gasteiger partial charge on any atom is 0.234 e. The van der Waals surface area contributed by atoms with Gasteiger partial charge in [-0.25, -0.2) is 0 Å². The molecular formula is C9H15N5O. The topological polar surface area (TPSA) is 71.8 Å². The van der Waals surface area contributed by atoms with E-state index in [1.807, 2.05) is 4.57 Å². The van der Waals surface area contributed by atoms with Crippen molar-refractivity contribution >= 4 is 5.91 Å². The normalized spacial score (nSPS) is 21.8. The summed E-state index contributed by atoms with van der Waals surface area (Å²) in [6.07, 6.45) is 1.72. The van der Waals surface area contributed by atoms with Crippen LogP contribution >= 0.6 is 0 Å². The molecule has 1 amide bonds. The third-order valence-corrected chi connectivity index (χ3v) is 2.48. The van der Waals surface area contributed by atoms with Crippen molar-refractivity contribution in [3.63, 3.8) is 0 Å². The summed E-state index contributed by atoms with van der Waals surface area (Å²) in [5, 5.41) is 13.9. The molecule has 6 heteroatoms. The fourth-order valence-corrected chi connectivity index (χ4v) is 1.65. The van der Waals surface area contributed by atoms with Crippen LogP contribution in [0.1, 0.15) is 31.8 Å². The first kappa shape index (κ1) is 10.1. The Kier molecular flexibility index (Phi) is 2.68. The number of amides is 1. The van der Waals surface area contributed by atoms with Gasteiger partial charge in [0.05, 0.1) is 12.6 Å². The zero-order valence-corrected chi connectivity index (χ0v) is 8.90. The van der Waals surface area contributed by atoms with Crippen LogP contribution in [0.3, 0.4) is 0 Å². The summed E-state index contributed by atoms with van der Waals surface area (Å²) in [4.78, 5) is 11.0. The zero-order chi connectivity index (χ0) is 10.8. The highest BCUT2D eigenvalue weighted by atomic mass is 16.2. The molecule has 15 heavy (non-hydrogen) atoms. The molecule has 0 aliphatic carbocycles. The molecule has 1 aromatic rings. The number of hydrogen-bond donors (Lipinski definition) is 2. The number of hydrogen-bond acceptors (Lipinski definition) is 4. The van der Waals surface area contributed by atoms with Crippen molar-refractivity contribution in [1.82, 2.24) is 25.4 Å². The number of rotatable bonds is 2. The first-order chi connectivity index (χ1) is 7.18. The molecule has 2 heterocycles. The molecule has 1 aromatic heterocycles. The van der Waals surface area contributed by atoms with Crippen LogP contribution in [0.4, 0.5) is 0 Å². The van der Waals surface area contributed by atoms with Crippen LogP contribution in [-0.4, -0.2) is 33.8 Å². The monoisotopic (exact) mass is 209 g/mol. The van der Waals surface area contributed by atoms with Crippen molar-refractivity contribution in [2.24, 2.45) is 0 Å². The third kappa shape index (κ3) is 1.99. The van der Waals surface area contributed by atoms with E-state index in [4.69, 9.17) is 0 Å². The maximum absolute atomic E-state index is 11.0. The second-order valence-corrected chi connectivity index (χ2v) is 3.93. The Morgan fingerprint density at radius 1 is 1.60 bits per heavy atom. The smallest absolute Gasteiger partial charge is 0.234 e. The molecule has 0 spiro atoms. The minimum Gasteiger partial charge on any atom is -0.353 e. The van der Waals surface area contributed by atoms with Crippen LogP contribution in [0.2, 0.25) is 0 Å². The molecular weight excluding hydrogens is 194 g/mol. The lowest BCUT2D eigenvalue weighted by atomic mass is 10.2. The first-order valence-corrected chi connectivity index (χ1v) is 5.08. The van der Waals surface area contributed by atoms with Crippen LogP contribution in [0.5, 0.6) is 0 Å². The summed E-state index contributed by atoms with van der Waals surface area (Å²) >= 11 is 0. The molecule has 1 aliphatic rings. The molecule has 1 fully saturated rings. The SMILES string of the molecule is CC(C)n1cnnc1C1CNC(=O)CN1. The summed E-state index contributed by atoms with van der Waals surface area (Å²) in [5.41, 5.74) is 0. The van der Waals surface area contributed by atoms with Crippen LogP contribution < -0.4 is 10.6 Å². The number of nitrogens with one attached hydrogen (secondary N) is 2. The molecule has 1 aliphatic heterocycles. The Morgan fingerprint density at radius 2 is 2.40 bits per heavy atom. The molecule has 0 saturated carbocycles. The summed E-state index contributed by atoms with van der Waals surface area (Å²) in [7, 11) is 0. The van der Waals surface area contributed by atoms with E-state index in [0.717, 1.165) is 5.82 Å². The van der Waals surface area contributed by atoms with Crippen molar-refractivity contribution in [3.8, 4) is 0 Å². The predicted octanol–water partition coefficient (Wildman–Crippen LogP) is -0.380. The Hall–Kier alpha value is -1.43. The number of nitrogens with zero attached hydrogens (tertiary/aromatic N) is 3. The van der Waals surface area contributed by atoms with Gasteiger partial charge in [0.1, 0.15) is 6.33 Å². The van der Waals surface area contributed by atoms with Crippen LogP contribution in [-0.2, 0) is 4.79 Å². The highest BCUT2D eigenvalue weighted by Crippen LogP contribution is 2.15. The molecule has 82 valence electrons. The van der Waals surface area contributed by atoms with Crippen LogP contribution in [0.25, 0.3) is 0 Å². The van der Waals surface area contributed by atoms with E-state index in [9.17, 15) is 4.79 Å². The Labute approximate surface area is 88.1 Å². The van der Waals surface area contributed by atoms with Gasteiger partial charge < -0.3 is 9.88 Å². The van der Waals surface area contributed by atoms with E-state index in [1.54, 1.807) is 6.33 Å². The van der Waals surface area contributed by atoms with Gasteiger partial charge in [-0.05, 0) is 13.8 Å². The molecule has 2 rings (SSSR count). The quantitative estimate of drug-likeness (QED) is 0.696. The summed E-state index contributed by atoms with van der Waals surface area (Å²) in [6.45, 7) is 5.07. The van der Waals surface area contributed by atoms with Gasteiger partial charge in [0.25, 0.3) is 0 Å². The summed E-state index contributed by atoms with van der Waals surface area (Å²) in [5.74, 6) is 0.909. The van der Waals surface area contributed by atoms with Gasteiger partial charge in [-0.1, -0.05) is 0 Å². The average molecular weight is 209 g/mol. The molecule has 0 bridgehead atoms. The summed E-state index contributed by atoms with van der Waals surface area (Å²) in [6, 6.07) is 0.391. The van der Waals surface area contributed by atoms with Gasteiger partial charge in [0, 0.05) is 12.6 Å². The third-order valence-electron chi connectivity index (χ3n) is 2.48. The van der Waals surface area contributed by atoms with Crippen molar-refractivity contribution in [1.29, 1.82) is 0 Å². The van der Waals surface area contributed by atoms with Gasteiger partial charge in [-0.15, -0.1) is 10.2 Å². The summed E-state index contributed by atoms with van der Waals surface area (Å²) < 4.78 is 2.01. The number of aromatic nitrogens is 3. The molecule has 1 saturated heterocycles. The number of carbonyl (C=O) groups is 1. The Balaban J connectivity index is 2.15. The van der Waals surface area contributed by atoms with E-state index in [0.29, 0.717) is 19.1 Å². The first-order valence-electron chi connectivity index (χ1n) is 5.08. The molecule has 2 N–H and O–H groups in total.